The number of hydrogen-bond donors (Lipinski definition) is 2. The lowest BCUT2D eigenvalue weighted by atomic mass is 10.2. The van der Waals surface area contributed by atoms with E-state index in [4.69, 9.17) is 9.47 Å². The van der Waals surface area contributed by atoms with Gasteiger partial charge in [-0.2, -0.15) is 0 Å². The summed E-state index contributed by atoms with van der Waals surface area (Å²) in [4.78, 5) is 16.2. The van der Waals surface area contributed by atoms with Gasteiger partial charge in [0.25, 0.3) is 5.91 Å². The summed E-state index contributed by atoms with van der Waals surface area (Å²) in [7, 11) is 1.66. The molecule has 0 unspecified atom stereocenters. The van der Waals surface area contributed by atoms with Gasteiger partial charge in [-0.25, -0.2) is 0 Å². The van der Waals surface area contributed by atoms with Gasteiger partial charge in [0, 0.05) is 50.3 Å². The highest BCUT2D eigenvalue weighted by atomic mass is 35.5. The number of halogens is 2. The molecule has 2 rings (SSSR count). The van der Waals surface area contributed by atoms with Gasteiger partial charge in [-0.15, -0.1) is 24.8 Å². The minimum atomic E-state index is -0.115. The molecule has 6 nitrogen and oxygen atoms in total. The average Bonchev–Trinajstić information content (AvgIpc) is 2.64. The third-order valence-corrected chi connectivity index (χ3v) is 3.29. The summed E-state index contributed by atoms with van der Waals surface area (Å²) in [5, 5.41) is 6.04. The van der Waals surface area contributed by atoms with Crippen molar-refractivity contribution in [2.24, 2.45) is 0 Å². The molecule has 1 aromatic heterocycles. The van der Waals surface area contributed by atoms with E-state index < -0.39 is 0 Å². The first-order chi connectivity index (χ1) is 11.8. The number of hydrogen-bond acceptors (Lipinski definition) is 5. The normalized spacial score (nSPS) is 9.58. The summed E-state index contributed by atoms with van der Waals surface area (Å²) in [5.41, 5.74) is 1.56. The molecule has 2 aromatic rings. The maximum Gasteiger partial charge on any atom is 0.251 e. The summed E-state index contributed by atoms with van der Waals surface area (Å²) < 4.78 is 10.6. The number of pyridine rings is 1. The van der Waals surface area contributed by atoms with Crippen LogP contribution in [0, 0.1) is 0 Å². The predicted octanol–water partition coefficient (Wildman–Crippen LogP) is 2.47. The summed E-state index contributed by atoms with van der Waals surface area (Å²) in [6, 6.07) is 11.0. The van der Waals surface area contributed by atoms with Gasteiger partial charge in [-0.1, -0.05) is 12.1 Å². The summed E-state index contributed by atoms with van der Waals surface area (Å²) in [6.45, 7) is 3.10. The number of ether oxygens (including phenoxy) is 2. The van der Waals surface area contributed by atoms with Crippen molar-refractivity contribution in [3.63, 3.8) is 0 Å². The van der Waals surface area contributed by atoms with Gasteiger partial charge < -0.3 is 20.1 Å². The van der Waals surface area contributed by atoms with Crippen LogP contribution in [0.4, 0.5) is 0 Å². The molecular weight excluding hydrogens is 377 g/mol. The SMILES string of the molecule is COCCNCCNC(=O)c1cccc(OCc2cccnc2)c1.Cl.Cl. The molecular formula is C18H25Cl2N3O3. The Kier molecular flexibility index (Phi) is 13.3. The molecule has 0 saturated heterocycles. The van der Waals surface area contributed by atoms with Crippen molar-refractivity contribution in [2.45, 2.75) is 6.61 Å². The molecule has 0 bridgehead atoms. The Morgan fingerprint density at radius 2 is 1.96 bits per heavy atom. The monoisotopic (exact) mass is 401 g/mol. The van der Waals surface area contributed by atoms with Gasteiger partial charge in [0.15, 0.2) is 0 Å². The number of benzene rings is 1. The van der Waals surface area contributed by atoms with Crippen molar-refractivity contribution >= 4 is 30.7 Å². The number of rotatable bonds is 10. The zero-order chi connectivity index (χ0) is 17.0. The highest BCUT2D eigenvalue weighted by Crippen LogP contribution is 2.15. The molecule has 1 amide bonds. The third-order valence-electron chi connectivity index (χ3n) is 3.29. The second-order valence-electron chi connectivity index (χ2n) is 5.18. The fourth-order valence-corrected chi connectivity index (χ4v) is 2.04. The number of methoxy groups -OCH3 is 1. The standard InChI is InChI=1S/C18H23N3O3.2ClH/c1-23-11-10-19-8-9-21-18(22)16-5-2-6-17(12-16)24-14-15-4-3-7-20-13-15;;/h2-7,12-13,19H,8-11,14H2,1H3,(H,21,22);2*1H. The van der Waals surface area contributed by atoms with E-state index in [0.29, 0.717) is 37.6 Å². The lowest BCUT2D eigenvalue weighted by Crippen LogP contribution is -2.33. The van der Waals surface area contributed by atoms with Crippen molar-refractivity contribution < 1.29 is 14.3 Å². The minimum Gasteiger partial charge on any atom is -0.489 e. The Morgan fingerprint density at radius 1 is 1.12 bits per heavy atom. The summed E-state index contributed by atoms with van der Waals surface area (Å²) >= 11 is 0. The van der Waals surface area contributed by atoms with Crippen LogP contribution in [-0.4, -0.2) is 44.2 Å². The quantitative estimate of drug-likeness (QED) is 0.598. The molecule has 0 atom stereocenters. The molecule has 0 aliphatic carbocycles. The van der Waals surface area contributed by atoms with E-state index in [1.54, 1.807) is 31.6 Å². The van der Waals surface area contributed by atoms with Crippen molar-refractivity contribution in [1.29, 1.82) is 0 Å². The fraction of sp³-hybridized carbons (Fsp3) is 0.333. The van der Waals surface area contributed by atoms with Crippen molar-refractivity contribution in [1.82, 2.24) is 15.6 Å². The van der Waals surface area contributed by atoms with Crippen molar-refractivity contribution in [3.8, 4) is 5.75 Å². The number of carbonyl (C=O) groups excluding carboxylic acids is 1. The van der Waals surface area contributed by atoms with Gasteiger partial charge in [0.1, 0.15) is 12.4 Å². The largest absolute Gasteiger partial charge is 0.489 e. The fourth-order valence-electron chi connectivity index (χ4n) is 2.04. The van der Waals surface area contributed by atoms with Crippen LogP contribution in [0.3, 0.4) is 0 Å². The molecule has 2 N–H and O–H groups in total. The molecule has 0 fully saturated rings. The van der Waals surface area contributed by atoms with Crippen LogP contribution in [0.1, 0.15) is 15.9 Å². The number of nitrogens with one attached hydrogen (secondary N) is 2. The molecule has 0 radical (unpaired) electrons. The molecule has 144 valence electrons. The predicted molar refractivity (Wildman–Crippen MR) is 107 cm³/mol. The van der Waals surface area contributed by atoms with Crippen LogP contribution < -0.4 is 15.4 Å². The highest BCUT2D eigenvalue weighted by Gasteiger charge is 2.06. The lowest BCUT2D eigenvalue weighted by molar-refractivity contribution is 0.0953. The van der Waals surface area contributed by atoms with E-state index in [-0.39, 0.29) is 30.7 Å². The Morgan fingerprint density at radius 3 is 2.69 bits per heavy atom. The second kappa shape index (κ2) is 14.3. The summed E-state index contributed by atoms with van der Waals surface area (Å²) in [6.07, 6.45) is 3.48. The van der Waals surface area contributed by atoms with Gasteiger partial charge >= 0.3 is 0 Å². The van der Waals surface area contributed by atoms with E-state index in [0.717, 1.165) is 12.1 Å². The van der Waals surface area contributed by atoms with Crippen LogP contribution in [0.2, 0.25) is 0 Å². The number of nitrogens with zero attached hydrogens (tertiary/aromatic N) is 1. The Labute approximate surface area is 166 Å². The summed E-state index contributed by atoms with van der Waals surface area (Å²) in [5.74, 6) is 0.542. The number of carbonyl (C=O) groups is 1. The maximum absolute atomic E-state index is 12.1. The molecule has 0 aliphatic heterocycles. The molecule has 1 heterocycles. The molecule has 0 aliphatic rings. The van der Waals surface area contributed by atoms with Crippen LogP contribution in [0.25, 0.3) is 0 Å². The first kappa shape index (κ1) is 24.1. The van der Waals surface area contributed by atoms with E-state index in [9.17, 15) is 4.79 Å². The van der Waals surface area contributed by atoms with Gasteiger partial charge in [-0.05, 0) is 24.3 Å². The lowest BCUT2D eigenvalue weighted by Gasteiger charge is -2.09. The zero-order valence-electron chi connectivity index (χ0n) is 14.6. The van der Waals surface area contributed by atoms with E-state index in [2.05, 4.69) is 15.6 Å². The molecule has 26 heavy (non-hydrogen) atoms. The zero-order valence-corrected chi connectivity index (χ0v) is 16.3. The Hall–Kier alpha value is -1.86. The van der Waals surface area contributed by atoms with Crippen LogP contribution >= 0.6 is 24.8 Å². The van der Waals surface area contributed by atoms with Crippen LogP contribution in [0.15, 0.2) is 48.8 Å². The topological polar surface area (TPSA) is 72.5 Å². The van der Waals surface area contributed by atoms with Crippen LogP contribution in [-0.2, 0) is 11.3 Å². The first-order valence-electron chi connectivity index (χ1n) is 7.89. The third kappa shape index (κ3) is 9.01. The molecule has 1 aromatic carbocycles. The van der Waals surface area contributed by atoms with E-state index in [1.807, 2.05) is 24.3 Å². The van der Waals surface area contributed by atoms with Gasteiger partial charge in [0.2, 0.25) is 0 Å². The highest BCUT2D eigenvalue weighted by molar-refractivity contribution is 5.94. The Bertz CT molecular complexity index is 630. The van der Waals surface area contributed by atoms with E-state index in [1.165, 1.54) is 0 Å². The minimum absolute atomic E-state index is 0. The Balaban J connectivity index is 0.00000312. The number of amides is 1. The smallest absolute Gasteiger partial charge is 0.251 e. The van der Waals surface area contributed by atoms with E-state index >= 15 is 0 Å². The average molecular weight is 402 g/mol. The van der Waals surface area contributed by atoms with Crippen molar-refractivity contribution in [3.05, 3.63) is 59.9 Å². The maximum atomic E-state index is 12.1. The van der Waals surface area contributed by atoms with Gasteiger partial charge in [0.05, 0.1) is 6.61 Å². The molecule has 0 saturated carbocycles. The second-order valence-corrected chi connectivity index (χ2v) is 5.18. The molecule has 8 heteroatoms. The van der Waals surface area contributed by atoms with Gasteiger partial charge in [-0.3, -0.25) is 9.78 Å². The van der Waals surface area contributed by atoms with Crippen LogP contribution in [0.5, 0.6) is 5.75 Å². The first-order valence-corrected chi connectivity index (χ1v) is 7.89. The van der Waals surface area contributed by atoms with Crippen molar-refractivity contribution in [2.75, 3.05) is 33.4 Å². The molecule has 0 spiro atoms. The number of aromatic nitrogens is 1.